The lowest BCUT2D eigenvalue weighted by Gasteiger charge is -2.16. The van der Waals surface area contributed by atoms with E-state index in [-0.39, 0.29) is 17.1 Å². The minimum Gasteiger partial charge on any atom is -0.467 e. The van der Waals surface area contributed by atoms with E-state index in [0.29, 0.717) is 30.7 Å². The predicted octanol–water partition coefficient (Wildman–Crippen LogP) is 3.68. The lowest BCUT2D eigenvalue weighted by atomic mass is 10.1. The molecule has 1 atom stereocenters. The van der Waals surface area contributed by atoms with Crippen LogP contribution in [-0.2, 0) is 4.74 Å². The zero-order valence-corrected chi connectivity index (χ0v) is 16.3. The Bertz CT molecular complexity index is 998. The highest BCUT2D eigenvalue weighted by atomic mass is 35.5. The summed E-state index contributed by atoms with van der Waals surface area (Å²) in [5.74, 6) is 0.462. The summed E-state index contributed by atoms with van der Waals surface area (Å²) in [5, 5.41) is 6.45. The summed E-state index contributed by atoms with van der Waals surface area (Å²) in [7, 11) is 1.51. The fourth-order valence-corrected chi connectivity index (χ4v) is 3.05. The molecule has 2 N–H and O–H groups in total. The highest BCUT2D eigenvalue weighted by Gasteiger charge is 2.19. The summed E-state index contributed by atoms with van der Waals surface area (Å²) < 4.78 is 23.8. The molecule has 10 heteroatoms. The molecule has 1 fully saturated rings. The minimum atomic E-state index is -0.489. The molecule has 3 heterocycles. The Morgan fingerprint density at radius 1 is 1.21 bits per heavy atom. The first kappa shape index (κ1) is 19.3. The van der Waals surface area contributed by atoms with Gasteiger partial charge < -0.3 is 20.1 Å². The number of nitrogens with zero attached hydrogens (tertiary/aromatic N) is 4. The lowest BCUT2D eigenvalue weighted by molar-refractivity contribution is 0.195. The predicted molar refractivity (Wildman–Crippen MR) is 107 cm³/mol. The lowest BCUT2D eigenvalue weighted by Crippen LogP contribution is -2.20. The third-order valence-corrected chi connectivity index (χ3v) is 4.65. The topological polar surface area (TPSA) is 94.1 Å². The molecule has 4 rings (SSSR count). The summed E-state index contributed by atoms with van der Waals surface area (Å²) in [6.45, 7) is 1.29. The van der Waals surface area contributed by atoms with Gasteiger partial charge in [-0.05, 0) is 24.6 Å². The van der Waals surface area contributed by atoms with Gasteiger partial charge in [0.1, 0.15) is 11.6 Å². The van der Waals surface area contributed by atoms with Crippen molar-refractivity contribution in [1.82, 2.24) is 19.9 Å². The molecule has 8 nitrogen and oxygen atoms in total. The number of hydrogen-bond acceptors (Lipinski definition) is 8. The van der Waals surface area contributed by atoms with Crippen LogP contribution in [0.4, 0.5) is 21.8 Å². The number of halogens is 2. The fraction of sp³-hybridized carbons (Fsp3) is 0.263. The van der Waals surface area contributed by atoms with Gasteiger partial charge in [-0.15, -0.1) is 0 Å². The molecule has 0 spiro atoms. The standard InChI is InChI=1S/C19H18ClFN6O2/c1-28-19-23-7-11(8-24-19)14-9-22-18(26-12-2-3-16(21)15(20)6-12)27-17(14)25-13-4-5-29-10-13/h2-3,6-9,13H,4-5,10H2,1H3,(H2,22,25,26,27)/t13-/m0/s1. The Balaban J connectivity index is 1.65. The molecule has 3 aromatic rings. The summed E-state index contributed by atoms with van der Waals surface area (Å²) in [6.07, 6.45) is 5.84. The van der Waals surface area contributed by atoms with E-state index in [1.807, 2.05) is 0 Å². The Kier molecular flexibility index (Phi) is 5.68. The van der Waals surface area contributed by atoms with E-state index in [9.17, 15) is 4.39 Å². The van der Waals surface area contributed by atoms with Gasteiger partial charge in [-0.1, -0.05) is 11.6 Å². The van der Waals surface area contributed by atoms with E-state index >= 15 is 0 Å². The van der Waals surface area contributed by atoms with Crippen LogP contribution < -0.4 is 15.4 Å². The first-order valence-corrected chi connectivity index (χ1v) is 9.30. The van der Waals surface area contributed by atoms with Crippen LogP contribution in [0.25, 0.3) is 11.1 Å². The van der Waals surface area contributed by atoms with Crippen molar-refractivity contribution in [3.63, 3.8) is 0 Å². The van der Waals surface area contributed by atoms with Crippen LogP contribution in [0.15, 0.2) is 36.8 Å². The highest BCUT2D eigenvalue weighted by molar-refractivity contribution is 6.31. The van der Waals surface area contributed by atoms with Crippen molar-refractivity contribution >= 4 is 29.1 Å². The highest BCUT2D eigenvalue weighted by Crippen LogP contribution is 2.29. The molecule has 1 aliphatic heterocycles. The monoisotopic (exact) mass is 416 g/mol. The Hall–Kier alpha value is -3.04. The van der Waals surface area contributed by atoms with Gasteiger partial charge in [-0.25, -0.2) is 19.3 Å². The Labute approximate surface area is 171 Å². The van der Waals surface area contributed by atoms with E-state index < -0.39 is 5.82 Å². The van der Waals surface area contributed by atoms with Crippen molar-refractivity contribution < 1.29 is 13.9 Å². The average molecular weight is 417 g/mol. The van der Waals surface area contributed by atoms with Gasteiger partial charge in [0.05, 0.1) is 24.8 Å². The van der Waals surface area contributed by atoms with Crippen LogP contribution >= 0.6 is 11.6 Å². The van der Waals surface area contributed by atoms with Crippen molar-refractivity contribution in [1.29, 1.82) is 0 Å². The van der Waals surface area contributed by atoms with Crippen LogP contribution in [-0.4, -0.2) is 46.3 Å². The number of benzene rings is 1. The maximum absolute atomic E-state index is 13.4. The second-order valence-corrected chi connectivity index (χ2v) is 6.78. The van der Waals surface area contributed by atoms with Crippen molar-refractivity contribution in [3.05, 3.63) is 47.6 Å². The van der Waals surface area contributed by atoms with Gasteiger partial charge >= 0.3 is 6.01 Å². The fourth-order valence-electron chi connectivity index (χ4n) is 2.87. The van der Waals surface area contributed by atoms with Gasteiger partial charge in [0.15, 0.2) is 0 Å². The molecular formula is C19H18ClFN6O2. The second-order valence-electron chi connectivity index (χ2n) is 6.37. The zero-order chi connectivity index (χ0) is 20.2. The third-order valence-electron chi connectivity index (χ3n) is 4.36. The number of hydrogen-bond donors (Lipinski definition) is 2. The van der Waals surface area contributed by atoms with E-state index in [4.69, 9.17) is 21.1 Å². The summed E-state index contributed by atoms with van der Waals surface area (Å²) in [4.78, 5) is 17.2. The van der Waals surface area contributed by atoms with E-state index in [1.54, 1.807) is 24.7 Å². The Morgan fingerprint density at radius 2 is 2.03 bits per heavy atom. The van der Waals surface area contributed by atoms with Crippen molar-refractivity contribution in [2.45, 2.75) is 12.5 Å². The molecule has 150 valence electrons. The summed E-state index contributed by atoms with van der Waals surface area (Å²) >= 11 is 5.85. The van der Waals surface area contributed by atoms with Gasteiger partial charge in [-0.3, -0.25) is 0 Å². The largest absolute Gasteiger partial charge is 0.467 e. The number of anilines is 3. The quantitative estimate of drug-likeness (QED) is 0.628. The average Bonchev–Trinajstić information content (AvgIpc) is 3.24. The van der Waals surface area contributed by atoms with Gasteiger partial charge in [-0.2, -0.15) is 4.98 Å². The maximum Gasteiger partial charge on any atom is 0.316 e. The van der Waals surface area contributed by atoms with E-state index in [2.05, 4.69) is 30.6 Å². The number of methoxy groups -OCH3 is 1. The molecule has 1 aliphatic rings. The van der Waals surface area contributed by atoms with Gasteiger partial charge in [0.2, 0.25) is 5.95 Å². The van der Waals surface area contributed by atoms with Crippen LogP contribution in [0.1, 0.15) is 6.42 Å². The van der Waals surface area contributed by atoms with Crippen LogP contribution in [0.3, 0.4) is 0 Å². The molecule has 2 aromatic heterocycles. The van der Waals surface area contributed by atoms with Crippen LogP contribution in [0.2, 0.25) is 5.02 Å². The third kappa shape index (κ3) is 4.52. The first-order valence-electron chi connectivity index (χ1n) is 8.92. The normalized spacial score (nSPS) is 15.9. The van der Waals surface area contributed by atoms with Crippen LogP contribution in [0.5, 0.6) is 6.01 Å². The molecular weight excluding hydrogens is 399 g/mol. The zero-order valence-electron chi connectivity index (χ0n) is 15.5. The van der Waals surface area contributed by atoms with Crippen molar-refractivity contribution in [2.24, 2.45) is 0 Å². The Morgan fingerprint density at radius 3 is 2.72 bits per heavy atom. The smallest absolute Gasteiger partial charge is 0.316 e. The molecule has 0 unspecified atom stereocenters. The maximum atomic E-state index is 13.4. The van der Waals surface area contributed by atoms with E-state index in [1.165, 1.54) is 19.2 Å². The van der Waals surface area contributed by atoms with Crippen molar-refractivity contribution in [3.8, 4) is 17.1 Å². The molecule has 0 amide bonds. The number of rotatable bonds is 6. The summed E-state index contributed by atoms with van der Waals surface area (Å²) in [6, 6.07) is 4.73. The molecule has 29 heavy (non-hydrogen) atoms. The van der Waals surface area contributed by atoms with Crippen molar-refractivity contribution in [2.75, 3.05) is 31.0 Å². The second kappa shape index (κ2) is 8.54. The number of ether oxygens (including phenoxy) is 2. The SMILES string of the molecule is COc1ncc(-c2cnc(Nc3ccc(F)c(Cl)c3)nc2N[C@H]2CCOC2)cn1. The van der Waals surface area contributed by atoms with Gasteiger partial charge in [0, 0.05) is 42.0 Å². The first-order chi connectivity index (χ1) is 14.1. The molecule has 0 aliphatic carbocycles. The molecule has 1 aromatic carbocycles. The van der Waals surface area contributed by atoms with Gasteiger partial charge in [0.25, 0.3) is 0 Å². The molecule has 0 bridgehead atoms. The molecule has 0 radical (unpaired) electrons. The summed E-state index contributed by atoms with van der Waals surface area (Å²) in [5.41, 5.74) is 2.05. The molecule has 1 saturated heterocycles. The van der Waals surface area contributed by atoms with E-state index in [0.717, 1.165) is 17.5 Å². The van der Waals surface area contributed by atoms with Crippen LogP contribution in [0, 0.1) is 5.82 Å². The number of aromatic nitrogens is 4. The number of nitrogens with one attached hydrogen (secondary N) is 2. The molecule has 0 saturated carbocycles. The minimum absolute atomic E-state index is 0.0171.